The summed E-state index contributed by atoms with van der Waals surface area (Å²) in [5.41, 5.74) is 0.464. The smallest absolute Gasteiger partial charge is 0.0160 e. The summed E-state index contributed by atoms with van der Waals surface area (Å²) in [7, 11) is 0. The Kier molecular flexibility index (Phi) is 2.33. The first-order valence-corrected chi connectivity index (χ1v) is 4.13. The van der Waals surface area contributed by atoms with E-state index in [1.165, 1.54) is 6.42 Å². The summed E-state index contributed by atoms with van der Waals surface area (Å²) in [5, 5.41) is 0. The molecule has 0 spiro atoms. The van der Waals surface area contributed by atoms with E-state index in [-0.39, 0.29) is 0 Å². The molecule has 1 fully saturated rings. The predicted octanol–water partition coefficient (Wildman–Crippen LogP) is 3.33. The monoisotopic (exact) mass is 148 g/mol. The lowest BCUT2D eigenvalue weighted by atomic mass is 9.95. The highest BCUT2D eigenvalue weighted by Crippen LogP contribution is 2.58. The molecule has 1 aliphatic rings. The van der Waals surface area contributed by atoms with Crippen LogP contribution >= 0.6 is 0 Å². The standard InChI is InChI=1S/C11H16/c1-4-7-11(8-5-2)9-10(11)6-3/h4-6,10H,1-3,7-9H2. The Morgan fingerprint density at radius 1 is 1.18 bits per heavy atom. The largest absolute Gasteiger partial charge is 0.103 e. The van der Waals surface area contributed by atoms with E-state index in [2.05, 4.69) is 25.8 Å². The predicted molar refractivity (Wildman–Crippen MR) is 50.4 cm³/mol. The van der Waals surface area contributed by atoms with Crippen molar-refractivity contribution < 1.29 is 0 Å². The maximum absolute atomic E-state index is 3.81. The first-order valence-electron chi connectivity index (χ1n) is 4.13. The van der Waals surface area contributed by atoms with E-state index in [0.29, 0.717) is 11.3 Å². The Bertz CT molecular complexity index is 166. The summed E-state index contributed by atoms with van der Waals surface area (Å²) >= 11 is 0. The molecular weight excluding hydrogens is 132 g/mol. The molecule has 0 nitrogen and oxygen atoms in total. The second kappa shape index (κ2) is 3.08. The number of hydrogen-bond donors (Lipinski definition) is 0. The molecule has 1 rings (SSSR count). The van der Waals surface area contributed by atoms with Crippen LogP contribution in [0.3, 0.4) is 0 Å². The van der Waals surface area contributed by atoms with Gasteiger partial charge in [0.2, 0.25) is 0 Å². The highest BCUT2D eigenvalue weighted by Gasteiger charge is 2.49. The van der Waals surface area contributed by atoms with Gasteiger partial charge in [0, 0.05) is 0 Å². The molecule has 0 amide bonds. The Labute approximate surface area is 69.3 Å². The van der Waals surface area contributed by atoms with Crippen LogP contribution in [0.1, 0.15) is 19.3 Å². The van der Waals surface area contributed by atoms with E-state index in [1.807, 2.05) is 12.2 Å². The van der Waals surface area contributed by atoms with Crippen LogP contribution in [0.25, 0.3) is 0 Å². The molecule has 1 aliphatic carbocycles. The lowest BCUT2D eigenvalue weighted by molar-refractivity contribution is 0.497. The molecule has 11 heavy (non-hydrogen) atoms. The summed E-state index contributed by atoms with van der Waals surface area (Å²) in [6.07, 6.45) is 9.56. The Hall–Kier alpha value is -0.780. The Morgan fingerprint density at radius 2 is 1.73 bits per heavy atom. The number of rotatable bonds is 5. The average molecular weight is 148 g/mol. The van der Waals surface area contributed by atoms with Gasteiger partial charge in [0.25, 0.3) is 0 Å². The minimum Gasteiger partial charge on any atom is -0.103 e. The summed E-state index contributed by atoms with van der Waals surface area (Å²) in [6, 6.07) is 0. The van der Waals surface area contributed by atoms with Crippen molar-refractivity contribution in [3.8, 4) is 0 Å². The minimum atomic E-state index is 0.464. The SMILES string of the molecule is C=CCC1(CC=C)CC1C=C. The van der Waals surface area contributed by atoms with Gasteiger partial charge in [0.1, 0.15) is 0 Å². The molecular formula is C11H16. The van der Waals surface area contributed by atoms with Crippen LogP contribution < -0.4 is 0 Å². The molecule has 0 aromatic rings. The molecule has 0 aliphatic heterocycles. The molecule has 0 radical (unpaired) electrons. The second-order valence-electron chi connectivity index (χ2n) is 3.39. The summed E-state index contributed by atoms with van der Waals surface area (Å²) in [5.74, 6) is 0.707. The Morgan fingerprint density at radius 3 is 2.00 bits per heavy atom. The first kappa shape index (κ1) is 8.32. The van der Waals surface area contributed by atoms with Gasteiger partial charge in [-0.15, -0.1) is 19.7 Å². The molecule has 0 saturated heterocycles. The van der Waals surface area contributed by atoms with Crippen molar-refractivity contribution in [2.75, 3.05) is 0 Å². The van der Waals surface area contributed by atoms with Crippen molar-refractivity contribution in [2.45, 2.75) is 19.3 Å². The zero-order chi connectivity index (χ0) is 8.32. The van der Waals surface area contributed by atoms with Gasteiger partial charge in [-0.25, -0.2) is 0 Å². The third kappa shape index (κ3) is 1.45. The normalized spacial score (nSPS) is 25.6. The molecule has 1 atom stereocenters. The topological polar surface area (TPSA) is 0 Å². The van der Waals surface area contributed by atoms with Crippen LogP contribution in [-0.4, -0.2) is 0 Å². The molecule has 0 bridgehead atoms. The molecule has 60 valence electrons. The van der Waals surface area contributed by atoms with Crippen LogP contribution in [0, 0.1) is 11.3 Å². The van der Waals surface area contributed by atoms with Gasteiger partial charge < -0.3 is 0 Å². The summed E-state index contributed by atoms with van der Waals surface area (Å²) in [6.45, 7) is 11.4. The fraction of sp³-hybridized carbons (Fsp3) is 0.455. The minimum absolute atomic E-state index is 0.464. The molecule has 1 unspecified atom stereocenters. The van der Waals surface area contributed by atoms with Crippen LogP contribution in [-0.2, 0) is 0 Å². The molecule has 0 heteroatoms. The lowest BCUT2D eigenvalue weighted by Gasteiger charge is -2.09. The molecule has 0 heterocycles. The van der Waals surface area contributed by atoms with Crippen molar-refractivity contribution in [3.63, 3.8) is 0 Å². The highest BCUT2D eigenvalue weighted by atomic mass is 14.5. The van der Waals surface area contributed by atoms with E-state index in [4.69, 9.17) is 0 Å². The fourth-order valence-electron chi connectivity index (χ4n) is 1.84. The molecule has 0 aromatic heterocycles. The van der Waals surface area contributed by atoms with Crippen LogP contribution in [0.2, 0.25) is 0 Å². The van der Waals surface area contributed by atoms with Gasteiger partial charge in [-0.1, -0.05) is 18.2 Å². The Balaban J connectivity index is 2.53. The van der Waals surface area contributed by atoms with Gasteiger partial charge >= 0.3 is 0 Å². The van der Waals surface area contributed by atoms with Gasteiger partial charge in [-0.2, -0.15) is 0 Å². The van der Waals surface area contributed by atoms with E-state index in [0.717, 1.165) is 12.8 Å². The van der Waals surface area contributed by atoms with Crippen molar-refractivity contribution >= 4 is 0 Å². The van der Waals surface area contributed by atoms with Gasteiger partial charge in [0.05, 0.1) is 0 Å². The summed E-state index contributed by atoms with van der Waals surface area (Å²) in [4.78, 5) is 0. The maximum Gasteiger partial charge on any atom is -0.0160 e. The highest BCUT2D eigenvalue weighted by molar-refractivity contribution is 5.13. The van der Waals surface area contributed by atoms with Gasteiger partial charge in [-0.3, -0.25) is 0 Å². The lowest BCUT2D eigenvalue weighted by Crippen LogP contribution is -1.99. The van der Waals surface area contributed by atoms with Crippen molar-refractivity contribution in [3.05, 3.63) is 38.0 Å². The van der Waals surface area contributed by atoms with E-state index in [1.54, 1.807) is 0 Å². The number of hydrogen-bond acceptors (Lipinski definition) is 0. The zero-order valence-corrected chi connectivity index (χ0v) is 7.05. The molecule has 1 saturated carbocycles. The van der Waals surface area contributed by atoms with E-state index < -0.39 is 0 Å². The molecule has 0 aromatic carbocycles. The zero-order valence-electron chi connectivity index (χ0n) is 7.05. The van der Waals surface area contributed by atoms with Crippen molar-refractivity contribution in [1.82, 2.24) is 0 Å². The van der Waals surface area contributed by atoms with Crippen molar-refractivity contribution in [1.29, 1.82) is 0 Å². The maximum atomic E-state index is 3.81. The number of allylic oxidation sites excluding steroid dienone is 3. The second-order valence-corrected chi connectivity index (χ2v) is 3.39. The summed E-state index contributed by atoms with van der Waals surface area (Å²) < 4.78 is 0. The van der Waals surface area contributed by atoms with Crippen LogP contribution in [0.5, 0.6) is 0 Å². The third-order valence-electron chi connectivity index (χ3n) is 2.64. The van der Waals surface area contributed by atoms with E-state index in [9.17, 15) is 0 Å². The molecule has 0 N–H and O–H groups in total. The fourth-order valence-corrected chi connectivity index (χ4v) is 1.84. The van der Waals surface area contributed by atoms with Gasteiger partial charge in [0.15, 0.2) is 0 Å². The van der Waals surface area contributed by atoms with E-state index >= 15 is 0 Å². The first-order chi connectivity index (χ1) is 5.29. The third-order valence-corrected chi connectivity index (χ3v) is 2.64. The van der Waals surface area contributed by atoms with Crippen molar-refractivity contribution in [2.24, 2.45) is 11.3 Å². The van der Waals surface area contributed by atoms with Gasteiger partial charge in [-0.05, 0) is 30.6 Å². The average Bonchev–Trinajstić information content (AvgIpc) is 2.65. The van der Waals surface area contributed by atoms with Crippen LogP contribution in [0.15, 0.2) is 38.0 Å². The quantitative estimate of drug-likeness (QED) is 0.524. The van der Waals surface area contributed by atoms with Crippen LogP contribution in [0.4, 0.5) is 0 Å².